The molecule has 0 saturated carbocycles. The quantitative estimate of drug-likeness (QED) is 0.0873. The van der Waals surface area contributed by atoms with E-state index in [0.717, 1.165) is 0 Å². The first-order chi connectivity index (χ1) is 21.7. The van der Waals surface area contributed by atoms with Gasteiger partial charge in [-0.25, -0.2) is 0 Å². The van der Waals surface area contributed by atoms with Crippen LogP contribution in [0.4, 0.5) is 17.3 Å². The third-order valence-electron chi connectivity index (χ3n) is 7.29. The molecule has 0 atom stereocenters. The normalized spacial score (nSPS) is 11.0. The molecule has 0 aromatic heterocycles. The average molecular weight is 740 g/mol. The van der Waals surface area contributed by atoms with E-state index in [4.69, 9.17) is 0 Å². The summed E-state index contributed by atoms with van der Waals surface area (Å²) in [7, 11) is -7.50. The number of aryl methyl sites for hydroxylation is 2. The monoisotopic (exact) mass is 740 g/mol. The minimum Gasteiger partial charge on any atom is -0.418 e. The Morgan fingerprint density at radius 1 is 0.370 bits per heavy atom. The first-order valence-corrected chi connectivity index (χ1v) is 17.3. The summed E-state index contributed by atoms with van der Waals surface area (Å²) >= 11 is 0. The average Bonchev–Trinajstić information content (AvgIpc) is 3.04. The van der Waals surface area contributed by atoms with Gasteiger partial charge < -0.3 is 17.3 Å². The van der Waals surface area contributed by atoms with Crippen molar-refractivity contribution in [3.63, 3.8) is 0 Å². The fourth-order valence-electron chi connectivity index (χ4n) is 5.49. The summed E-state index contributed by atoms with van der Waals surface area (Å²) in [4.78, 5) is 0. The topological polar surface area (TPSA) is 0 Å². The van der Waals surface area contributed by atoms with Crippen LogP contribution < -0.4 is 31.8 Å². The van der Waals surface area contributed by atoms with E-state index in [0.29, 0.717) is 0 Å². The van der Waals surface area contributed by atoms with Gasteiger partial charge in [0.05, 0.1) is 0 Å². The number of rotatable bonds is 7. The standard InChI is InChI=1S/C38H32P2.BF4.Rh/c1-29-17-15-27-35(39(31-19-7-3-8-20-31)32-21-9-4-10-22-32)37(29)38-30(2)18-16-28-36(38)40(33-23-11-5-12-24-33)34-25-13-6-14-26-34;2-1(3,4)5;/h3-28H,1-2H3;;/q;-1;. The van der Waals surface area contributed by atoms with Crippen molar-refractivity contribution < 1.29 is 36.7 Å². The fourth-order valence-corrected chi connectivity index (χ4v) is 10.6. The number of halogens is 4. The molecule has 0 fully saturated rings. The Kier molecular flexibility index (Phi) is 12.7. The van der Waals surface area contributed by atoms with Crippen molar-refractivity contribution in [1.29, 1.82) is 0 Å². The van der Waals surface area contributed by atoms with E-state index in [1.165, 1.54) is 54.1 Å². The maximum absolute atomic E-state index is 9.75. The molecule has 0 spiro atoms. The van der Waals surface area contributed by atoms with Crippen LogP contribution in [0, 0.1) is 13.8 Å². The van der Waals surface area contributed by atoms with Gasteiger partial charge in [-0.05, 0) is 83.8 Å². The molecule has 235 valence electrons. The van der Waals surface area contributed by atoms with Crippen molar-refractivity contribution in [2.75, 3.05) is 0 Å². The van der Waals surface area contributed by atoms with Crippen LogP contribution in [0.15, 0.2) is 158 Å². The summed E-state index contributed by atoms with van der Waals surface area (Å²) in [6.07, 6.45) is 0. The van der Waals surface area contributed by atoms with Crippen molar-refractivity contribution >= 4 is 54.9 Å². The molecule has 0 saturated heterocycles. The van der Waals surface area contributed by atoms with Crippen molar-refractivity contribution in [1.82, 2.24) is 0 Å². The van der Waals surface area contributed by atoms with E-state index in [1.807, 2.05) is 0 Å². The van der Waals surface area contributed by atoms with Crippen LogP contribution in [-0.2, 0) is 19.5 Å². The van der Waals surface area contributed by atoms with E-state index in [9.17, 15) is 17.3 Å². The van der Waals surface area contributed by atoms with E-state index in [1.54, 1.807) is 0 Å². The van der Waals surface area contributed by atoms with Crippen molar-refractivity contribution in [3.05, 3.63) is 169 Å². The Balaban J connectivity index is 0.000000745. The second-order valence-electron chi connectivity index (χ2n) is 10.4. The molecule has 0 aliphatic carbocycles. The van der Waals surface area contributed by atoms with Gasteiger partial charge in [0.2, 0.25) is 0 Å². The van der Waals surface area contributed by atoms with Gasteiger partial charge in [-0.2, -0.15) is 0 Å². The van der Waals surface area contributed by atoms with Crippen LogP contribution in [0.1, 0.15) is 11.1 Å². The molecule has 6 rings (SSSR count). The summed E-state index contributed by atoms with van der Waals surface area (Å²) in [5, 5.41) is 8.33. The molecule has 8 heteroatoms. The molecule has 1 radical (unpaired) electrons. The molecule has 6 aromatic rings. The van der Waals surface area contributed by atoms with Gasteiger partial charge in [0.25, 0.3) is 0 Å². The number of hydrogen-bond acceptors (Lipinski definition) is 0. The van der Waals surface area contributed by atoms with E-state index < -0.39 is 23.1 Å². The zero-order valence-corrected chi connectivity index (χ0v) is 28.8. The minimum atomic E-state index is -6.00. The van der Waals surface area contributed by atoms with Crippen LogP contribution in [0.5, 0.6) is 0 Å². The van der Waals surface area contributed by atoms with Crippen LogP contribution in [-0.4, -0.2) is 7.25 Å². The third kappa shape index (κ3) is 8.89. The van der Waals surface area contributed by atoms with Crippen LogP contribution in [0.25, 0.3) is 11.1 Å². The van der Waals surface area contributed by atoms with E-state index >= 15 is 0 Å². The first kappa shape index (κ1) is 35.4. The Hall–Kier alpha value is -3.41. The Morgan fingerprint density at radius 2 is 0.609 bits per heavy atom. The largest absolute Gasteiger partial charge is 0.673 e. The SMILES string of the molecule is Cc1cccc(P(c2ccccc2)c2ccccc2)c1-c1c(C)cccc1P(c1ccccc1)c1ccccc1.F[B-](F)(F)F.[Rh]. The zero-order valence-electron chi connectivity index (χ0n) is 25.3. The second-order valence-corrected chi connectivity index (χ2v) is 14.8. The molecule has 0 aliphatic rings. The van der Waals surface area contributed by atoms with E-state index in [-0.39, 0.29) is 19.5 Å². The van der Waals surface area contributed by atoms with Crippen LogP contribution >= 0.6 is 15.8 Å². The summed E-state index contributed by atoms with van der Waals surface area (Å²) in [5.74, 6) is 0. The molecule has 6 aromatic carbocycles. The van der Waals surface area contributed by atoms with Gasteiger partial charge in [-0.1, -0.05) is 158 Å². The first-order valence-electron chi connectivity index (χ1n) is 14.6. The predicted molar refractivity (Wildman–Crippen MR) is 189 cm³/mol. The summed E-state index contributed by atoms with van der Waals surface area (Å²) < 4.78 is 39.0. The van der Waals surface area contributed by atoms with Crippen LogP contribution in [0.3, 0.4) is 0 Å². The molecule has 0 N–H and O–H groups in total. The summed E-state index contributed by atoms with van der Waals surface area (Å²) in [6.45, 7) is 4.57. The molecule has 46 heavy (non-hydrogen) atoms. The molecular formula is C38H32BF4P2Rh-. The molecule has 0 aliphatic heterocycles. The zero-order chi connectivity index (χ0) is 31.8. The van der Waals surface area contributed by atoms with Crippen LogP contribution in [0.2, 0.25) is 0 Å². The Morgan fingerprint density at radius 3 is 0.848 bits per heavy atom. The Bertz CT molecular complexity index is 1610. The van der Waals surface area contributed by atoms with Crippen molar-refractivity contribution in [2.24, 2.45) is 0 Å². The Labute approximate surface area is 284 Å². The second kappa shape index (κ2) is 16.4. The van der Waals surface area contributed by atoms with Gasteiger partial charge in [-0.15, -0.1) is 0 Å². The molecule has 0 heterocycles. The van der Waals surface area contributed by atoms with E-state index in [2.05, 4.69) is 172 Å². The van der Waals surface area contributed by atoms with Gasteiger partial charge in [-0.3, -0.25) is 0 Å². The maximum Gasteiger partial charge on any atom is 0.673 e. The molecule has 0 bridgehead atoms. The van der Waals surface area contributed by atoms with Crippen molar-refractivity contribution in [2.45, 2.75) is 13.8 Å². The minimum absolute atomic E-state index is 0. The van der Waals surface area contributed by atoms with Gasteiger partial charge in [0.1, 0.15) is 0 Å². The maximum atomic E-state index is 9.75. The number of benzene rings is 6. The van der Waals surface area contributed by atoms with Gasteiger partial charge in [0, 0.05) is 19.5 Å². The fraction of sp³-hybridized carbons (Fsp3) is 0.0526. The van der Waals surface area contributed by atoms with Gasteiger partial charge >= 0.3 is 7.25 Å². The van der Waals surface area contributed by atoms with Crippen molar-refractivity contribution in [3.8, 4) is 11.1 Å². The predicted octanol–water partition coefficient (Wildman–Crippen LogP) is 8.78. The number of hydrogen-bond donors (Lipinski definition) is 0. The molecule has 0 unspecified atom stereocenters. The smallest absolute Gasteiger partial charge is 0.418 e. The summed E-state index contributed by atoms with van der Waals surface area (Å²) in [6, 6.07) is 58.0. The third-order valence-corrected chi connectivity index (χ3v) is 12.3. The summed E-state index contributed by atoms with van der Waals surface area (Å²) in [5.41, 5.74) is 5.41. The molecular weight excluding hydrogens is 708 g/mol. The van der Waals surface area contributed by atoms with Gasteiger partial charge in [0.15, 0.2) is 0 Å². The molecule has 0 amide bonds. The molecule has 0 nitrogen and oxygen atoms in total.